The summed E-state index contributed by atoms with van der Waals surface area (Å²) in [5.41, 5.74) is 2.81. The molecule has 0 radical (unpaired) electrons. The van der Waals surface area contributed by atoms with Gasteiger partial charge >= 0.3 is 5.71 Å². The molecule has 0 aliphatic carbocycles. The van der Waals surface area contributed by atoms with E-state index in [1.807, 2.05) is 55.6 Å². The lowest BCUT2D eigenvalue weighted by molar-refractivity contribution is -0.581. The van der Waals surface area contributed by atoms with Crippen LogP contribution in [0.2, 0.25) is 0 Å². The zero-order valence-electron chi connectivity index (χ0n) is 8.92. The highest BCUT2D eigenvalue weighted by atomic mass is 16.3. The van der Waals surface area contributed by atoms with Crippen molar-refractivity contribution in [1.82, 2.24) is 5.10 Å². The molecule has 0 saturated carbocycles. The summed E-state index contributed by atoms with van der Waals surface area (Å²) in [4.78, 5) is 0. The van der Waals surface area contributed by atoms with Crippen molar-refractivity contribution in [3.8, 4) is 11.3 Å². The number of nitrogens with zero attached hydrogens (tertiary/aromatic N) is 2. The molecule has 2 aromatic heterocycles. The van der Waals surface area contributed by atoms with Gasteiger partial charge in [0.25, 0.3) is 0 Å². The van der Waals surface area contributed by atoms with Crippen LogP contribution in [0.15, 0.2) is 53.1 Å². The van der Waals surface area contributed by atoms with Gasteiger partial charge in [-0.3, -0.25) is 0 Å². The van der Waals surface area contributed by atoms with Gasteiger partial charge in [-0.1, -0.05) is 30.3 Å². The number of oxazole rings is 1. The molecule has 0 bridgehead atoms. The molecular weight excluding hydrogens is 200 g/mol. The fourth-order valence-electron chi connectivity index (χ4n) is 1.72. The molecule has 0 atom stereocenters. The highest BCUT2D eigenvalue weighted by Crippen LogP contribution is 2.15. The monoisotopic (exact) mass is 211 g/mol. The minimum Gasteiger partial charge on any atom is -0.402 e. The van der Waals surface area contributed by atoms with Gasteiger partial charge in [0.1, 0.15) is 5.69 Å². The minimum absolute atomic E-state index is 0.761. The molecule has 0 spiro atoms. The Morgan fingerprint density at radius 1 is 1.06 bits per heavy atom. The molecule has 3 rings (SSSR count). The quantitative estimate of drug-likeness (QED) is 0.578. The molecule has 2 heterocycles. The second kappa shape index (κ2) is 3.45. The van der Waals surface area contributed by atoms with Gasteiger partial charge in [-0.05, 0) is 10.6 Å². The van der Waals surface area contributed by atoms with Crippen LogP contribution in [0.3, 0.4) is 0 Å². The van der Waals surface area contributed by atoms with Crippen molar-refractivity contribution in [2.45, 2.75) is 6.92 Å². The Hall–Kier alpha value is -2.16. The van der Waals surface area contributed by atoms with Gasteiger partial charge in [0.05, 0.1) is 6.07 Å². The van der Waals surface area contributed by atoms with Crippen LogP contribution >= 0.6 is 0 Å². The summed E-state index contributed by atoms with van der Waals surface area (Å²) in [7, 11) is 0. The average Bonchev–Trinajstić information content (AvgIpc) is 2.69. The summed E-state index contributed by atoms with van der Waals surface area (Å²) >= 11 is 0. The number of fused-ring (bicyclic) bond motifs is 1. The molecule has 0 aliphatic rings. The van der Waals surface area contributed by atoms with E-state index in [0.717, 1.165) is 22.7 Å². The number of aromatic nitrogens is 2. The van der Waals surface area contributed by atoms with Crippen LogP contribution in [-0.2, 0) is 0 Å². The van der Waals surface area contributed by atoms with Crippen LogP contribution in [-0.4, -0.2) is 5.10 Å². The topological polar surface area (TPSA) is 30.1 Å². The Bertz CT molecular complexity index is 629. The van der Waals surface area contributed by atoms with Gasteiger partial charge in [0.2, 0.25) is 6.20 Å². The average molecular weight is 211 g/mol. The Balaban J connectivity index is 2.18. The van der Waals surface area contributed by atoms with Gasteiger partial charge in [0.15, 0.2) is 5.76 Å². The molecule has 78 valence electrons. The number of hydrogen-bond acceptors (Lipinski definition) is 2. The van der Waals surface area contributed by atoms with E-state index in [-0.39, 0.29) is 0 Å². The number of benzene rings is 1. The van der Waals surface area contributed by atoms with Crippen LogP contribution in [0.4, 0.5) is 0 Å². The third-order valence-electron chi connectivity index (χ3n) is 2.46. The summed E-state index contributed by atoms with van der Waals surface area (Å²) < 4.78 is 7.22. The molecule has 3 heteroatoms. The third kappa shape index (κ3) is 1.46. The molecule has 16 heavy (non-hydrogen) atoms. The number of hydrogen-bond donors (Lipinski definition) is 0. The maximum Gasteiger partial charge on any atom is 0.404 e. The lowest BCUT2D eigenvalue weighted by atomic mass is 10.1. The molecule has 0 amide bonds. The smallest absolute Gasteiger partial charge is 0.402 e. The highest BCUT2D eigenvalue weighted by Gasteiger charge is 2.12. The molecule has 3 nitrogen and oxygen atoms in total. The van der Waals surface area contributed by atoms with Gasteiger partial charge in [-0.25, -0.2) is 0 Å². The molecular formula is C13H11N2O+. The van der Waals surface area contributed by atoms with E-state index >= 15 is 0 Å². The Morgan fingerprint density at radius 2 is 1.88 bits per heavy atom. The molecule has 0 aliphatic heterocycles. The van der Waals surface area contributed by atoms with Gasteiger partial charge in [-0.15, -0.1) is 0 Å². The van der Waals surface area contributed by atoms with Crippen LogP contribution in [0.1, 0.15) is 5.76 Å². The van der Waals surface area contributed by atoms with Crippen LogP contribution in [0, 0.1) is 6.92 Å². The second-order valence-electron chi connectivity index (χ2n) is 3.71. The van der Waals surface area contributed by atoms with Crippen LogP contribution in [0.5, 0.6) is 0 Å². The Morgan fingerprint density at radius 3 is 2.69 bits per heavy atom. The zero-order chi connectivity index (χ0) is 11.0. The summed E-state index contributed by atoms with van der Waals surface area (Å²) in [6, 6.07) is 14.0. The highest BCUT2D eigenvalue weighted by molar-refractivity contribution is 5.58. The van der Waals surface area contributed by atoms with Gasteiger partial charge < -0.3 is 4.42 Å². The predicted octanol–water partition coefficient (Wildman–Crippen LogP) is 2.39. The number of aryl methyl sites for hydroxylation is 1. The zero-order valence-corrected chi connectivity index (χ0v) is 8.92. The van der Waals surface area contributed by atoms with E-state index in [9.17, 15) is 0 Å². The first-order valence-corrected chi connectivity index (χ1v) is 5.17. The van der Waals surface area contributed by atoms with Crippen molar-refractivity contribution in [2.24, 2.45) is 0 Å². The first-order valence-electron chi connectivity index (χ1n) is 5.17. The first-order chi connectivity index (χ1) is 7.83. The molecule has 0 N–H and O–H groups in total. The van der Waals surface area contributed by atoms with Gasteiger partial charge in [-0.2, -0.15) is 0 Å². The molecule has 3 aromatic rings. The summed E-state index contributed by atoms with van der Waals surface area (Å²) in [5, 5.41) is 4.49. The van der Waals surface area contributed by atoms with Crippen molar-refractivity contribution < 1.29 is 8.93 Å². The molecule has 0 fully saturated rings. The predicted molar refractivity (Wildman–Crippen MR) is 59.8 cm³/mol. The lowest BCUT2D eigenvalue weighted by Gasteiger charge is -1.94. The maximum atomic E-state index is 5.46. The van der Waals surface area contributed by atoms with E-state index in [0.29, 0.717) is 0 Å². The van der Waals surface area contributed by atoms with Crippen LogP contribution < -0.4 is 4.52 Å². The summed E-state index contributed by atoms with van der Waals surface area (Å²) in [6.07, 6.45) is 1.88. The van der Waals surface area contributed by atoms with Crippen molar-refractivity contribution in [2.75, 3.05) is 0 Å². The fourth-order valence-corrected chi connectivity index (χ4v) is 1.72. The summed E-state index contributed by atoms with van der Waals surface area (Å²) in [5.74, 6) is 0.859. The second-order valence-corrected chi connectivity index (χ2v) is 3.71. The van der Waals surface area contributed by atoms with E-state index in [2.05, 4.69) is 5.10 Å². The van der Waals surface area contributed by atoms with E-state index in [1.165, 1.54) is 0 Å². The largest absolute Gasteiger partial charge is 0.404 e. The summed E-state index contributed by atoms with van der Waals surface area (Å²) in [6.45, 7) is 1.91. The minimum atomic E-state index is 0.761. The van der Waals surface area contributed by atoms with E-state index in [4.69, 9.17) is 4.42 Å². The third-order valence-corrected chi connectivity index (χ3v) is 2.46. The SMILES string of the molecule is Cc1c[n+]2nc(-c3ccccc3)ccc2o1. The van der Waals surface area contributed by atoms with Crippen molar-refractivity contribution in [1.29, 1.82) is 0 Å². The Kier molecular flexibility index (Phi) is 1.96. The Labute approximate surface area is 93.0 Å². The van der Waals surface area contributed by atoms with Crippen LogP contribution in [0.25, 0.3) is 17.0 Å². The lowest BCUT2D eigenvalue weighted by Crippen LogP contribution is -2.23. The maximum absolute atomic E-state index is 5.46. The first kappa shape index (κ1) is 9.09. The van der Waals surface area contributed by atoms with Crippen molar-refractivity contribution in [3.05, 3.63) is 54.4 Å². The van der Waals surface area contributed by atoms with Gasteiger partial charge in [0, 0.05) is 17.6 Å². The fraction of sp³-hybridized carbons (Fsp3) is 0.0769. The molecule has 0 saturated heterocycles. The van der Waals surface area contributed by atoms with Crippen molar-refractivity contribution in [3.63, 3.8) is 0 Å². The number of rotatable bonds is 1. The molecule has 0 unspecified atom stereocenters. The standard InChI is InChI=1S/C13H11N2O/c1-10-9-15-13(16-10)8-7-12(14-15)11-5-3-2-4-6-11/h2-9H,1H3/q+1. The van der Waals surface area contributed by atoms with E-state index < -0.39 is 0 Å². The normalized spacial score (nSPS) is 10.8. The molecule has 1 aromatic carbocycles. The van der Waals surface area contributed by atoms with Crippen molar-refractivity contribution >= 4 is 5.71 Å². The van der Waals surface area contributed by atoms with E-state index in [1.54, 1.807) is 4.52 Å².